The number of hydrogen-bond acceptors (Lipinski definition) is 1. The smallest absolute Gasteiger partial charge is 0.00104 e. The van der Waals surface area contributed by atoms with E-state index < -0.39 is 0 Å². The van der Waals surface area contributed by atoms with Crippen molar-refractivity contribution in [1.82, 2.24) is 5.32 Å². The van der Waals surface area contributed by atoms with Crippen molar-refractivity contribution in [2.45, 2.75) is 39.2 Å². The van der Waals surface area contributed by atoms with Crippen LogP contribution in [0.25, 0.3) is 0 Å². The van der Waals surface area contributed by atoms with Gasteiger partial charge in [-0.25, -0.2) is 0 Å². The standard InChI is InChI=1S/C15H23N/c1-12(2)16-11-15(14-8-9-14)10-13-6-4-3-5-7-13/h3-7,12,14-16H,8-11H2,1-2H3. The van der Waals surface area contributed by atoms with Gasteiger partial charge in [0.2, 0.25) is 0 Å². The van der Waals surface area contributed by atoms with E-state index in [1.807, 2.05) is 0 Å². The maximum absolute atomic E-state index is 3.59. The van der Waals surface area contributed by atoms with Gasteiger partial charge in [0.05, 0.1) is 0 Å². The fourth-order valence-electron chi connectivity index (χ4n) is 2.28. The van der Waals surface area contributed by atoms with Gasteiger partial charge < -0.3 is 5.32 Å². The fourth-order valence-corrected chi connectivity index (χ4v) is 2.28. The van der Waals surface area contributed by atoms with Gasteiger partial charge in [-0.2, -0.15) is 0 Å². The Morgan fingerprint density at radius 3 is 2.44 bits per heavy atom. The average molecular weight is 217 g/mol. The summed E-state index contributed by atoms with van der Waals surface area (Å²) in [5, 5.41) is 3.59. The molecule has 1 nitrogen and oxygen atoms in total. The van der Waals surface area contributed by atoms with Crippen molar-refractivity contribution in [2.75, 3.05) is 6.54 Å². The molecule has 1 aliphatic carbocycles. The van der Waals surface area contributed by atoms with Crippen LogP contribution in [0.2, 0.25) is 0 Å². The monoisotopic (exact) mass is 217 g/mol. The maximum atomic E-state index is 3.59. The quantitative estimate of drug-likeness (QED) is 0.771. The van der Waals surface area contributed by atoms with Crippen molar-refractivity contribution in [1.29, 1.82) is 0 Å². The van der Waals surface area contributed by atoms with Crippen molar-refractivity contribution in [3.8, 4) is 0 Å². The van der Waals surface area contributed by atoms with E-state index in [4.69, 9.17) is 0 Å². The Kier molecular flexibility index (Phi) is 4.00. The van der Waals surface area contributed by atoms with E-state index in [0.717, 1.165) is 11.8 Å². The lowest BCUT2D eigenvalue weighted by molar-refractivity contribution is 0.405. The molecule has 2 rings (SSSR count). The van der Waals surface area contributed by atoms with E-state index in [2.05, 4.69) is 49.5 Å². The molecule has 1 aliphatic rings. The van der Waals surface area contributed by atoms with Gasteiger partial charge in [0.15, 0.2) is 0 Å². The predicted octanol–water partition coefficient (Wildman–Crippen LogP) is 3.25. The van der Waals surface area contributed by atoms with Crippen molar-refractivity contribution in [3.05, 3.63) is 35.9 Å². The van der Waals surface area contributed by atoms with E-state index in [9.17, 15) is 0 Å². The molecular weight excluding hydrogens is 194 g/mol. The Labute approximate surface area is 99.3 Å². The van der Waals surface area contributed by atoms with Gasteiger partial charge >= 0.3 is 0 Å². The normalized spacial score (nSPS) is 17.7. The van der Waals surface area contributed by atoms with Crippen molar-refractivity contribution < 1.29 is 0 Å². The van der Waals surface area contributed by atoms with Crippen molar-refractivity contribution in [3.63, 3.8) is 0 Å². The van der Waals surface area contributed by atoms with Gasteiger partial charge in [-0.3, -0.25) is 0 Å². The molecule has 1 saturated carbocycles. The summed E-state index contributed by atoms with van der Waals surface area (Å²) < 4.78 is 0. The largest absolute Gasteiger partial charge is 0.314 e. The van der Waals surface area contributed by atoms with E-state index in [0.29, 0.717) is 6.04 Å². The number of nitrogens with one attached hydrogen (secondary N) is 1. The minimum Gasteiger partial charge on any atom is -0.314 e. The first-order valence-electron chi connectivity index (χ1n) is 6.53. The summed E-state index contributed by atoms with van der Waals surface area (Å²) in [6.07, 6.45) is 4.12. The minimum absolute atomic E-state index is 0.608. The average Bonchev–Trinajstić information content (AvgIpc) is 3.09. The second-order valence-corrected chi connectivity index (χ2v) is 5.35. The van der Waals surface area contributed by atoms with Crippen LogP contribution in [0.4, 0.5) is 0 Å². The highest BCUT2D eigenvalue weighted by Gasteiger charge is 2.30. The van der Waals surface area contributed by atoms with Crippen LogP contribution in [-0.2, 0) is 6.42 Å². The van der Waals surface area contributed by atoms with Crippen LogP contribution in [-0.4, -0.2) is 12.6 Å². The predicted molar refractivity (Wildman–Crippen MR) is 69.5 cm³/mol. The van der Waals surface area contributed by atoms with E-state index in [-0.39, 0.29) is 0 Å². The molecular formula is C15H23N. The zero-order chi connectivity index (χ0) is 11.4. The minimum atomic E-state index is 0.608. The lowest BCUT2D eigenvalue weighted by atomic mass is 9.94. The van der Waals surface area contributed by atoms with E-state index in [1.54, 1.807) is 0 Å². The van der Waals surface area contributed by atoms with Crippen LogP contribution in [0.3, 0.4) is 0 Å². The molecule has 0 bridgehead atoms. The molecule has 88 valence electrons. The summed E-state index contributed by atoms with van der Waals surface area (Å²) in [7, 11) is 0. The van der Waals surface area contributed by atoms with Gasteiger partial charge in [-0.1, -0.05) is 44.2 Å². The Morgan fingerprint density at radius 1 is 1.19 bits per heavy atom. The van der Waals surface area contributed by atoms with Crippen LogP contribution in [0.15, 0.2) is 30.3 Å². The molecule has 1 fully saturated rings. The first kappa shape index (κ1) is 11.7. The molecule has 0 saturated heterocycles. The fraction of sp³-hybridized carbons (Fsp3) is 0.600. The van der Waals surface area contributed by atoms with E-state index >= 15 is 0 Å². The Morgan fingerprint density at radius 2 is 1.88 bits per heavy atom. The van der Waals surface area contributed by atoms with E-state index in [1.165, 1.54) is 31.4 Å². The summed E-state index contributed by atoms with van der Waals surface area (Å²) in [6, 6.07) is 11.5. The van der Waals surface area contributed by atoms with Gasteiger partial charge in [-0.15, -0.1) is 0 Å². The summed E-state index contributed by atoms with van der Waals surface area (Å²) in [5.74, 6) is 1.82. The molecule has 0 aliphatic heterocycles. The SMILES string of the molecule is CC(C)NCC(Cc1ccccc1)C1CC1. The second-order valence-electron chi connectivity index (χ2n) is 5.35. The molecule has 0 radical (unpaired) electrons. The molecule has 1 atom stereocenters. The third-order valence-corrected chi connectivity index (χ3v) is 3.42. The molecule has 16 heavy (non-hydrogen) atoms. The molecule has 1 N–H and O–H groups in total. The number of rotatable bonds is 6. The van der Waals surface area contributed by atoms with Crippen LogP contribution < -0.4 is 5.32 Å². The molecule has 0 amide bonds. The van der Waals surface area contributed by atoms with Crippen LogP contribution in [0, 0.1) is 11.8 Å². The number of hydrogen-bond donors (Lipinski definition) is 1. The first-order chi connectivity index (χ1) is 7.75. The molecule has 0 spiro atoms. The Hall–Kier alpha value is -0.820. The van der Waals surface area contributed by atoms with Crippen LogP contribution in [0.1, 0.15) is 32.3 Å². The summed E-state index contributed by atoms with van der Waals surface area (Å²) in [6.45, 7) is 5.64. The zero-order valence-corrected chi connectivity index (χ0v) is 10.4. The van der Waals surface area contributed by atoms with Gasteiger partial charge in [0.25, 0.3) is 0 Å². The summed E-state index contributed by atoms with van der Waals surface area (Å²) >= 11 is 0. The van der Waals surface area contributed by atoms with Gasteiger partial charge in [0, 0.05) is 6.04 Å². The highest BCUT2D eigenvalue weighted by Crippen LogP contribution is 2.38. The first-order valence-corrected chi connectivity index (χ1v) is 6.53. The maximum Gasteiger partial charge on any atom is 0.00104 e. The molecule has 1 aromatic rings. The highest BCUT2D eigenvalue weighted by atomic mass is 14.9. The molecule has 1 heteroatoms. The topological polar surface area (TPSA) is 12.0 Å². The van der Waals surface area contributed by atoms with Crippen molar-refractivity contribution >= 4 is 0 Å². The van der Waals surface area contributed by atoms with Crippen LogP contribution in [0.5, 0.6) is 0 Å². The third-order valence-electron chi connectivity index (χ3n) is 3.42. The molecule has 0 heterocycles. The van der Waals surface area contributed by atoms with Gasteiger partial charge in [0.1, 0.15) is 0 Å². The molecule has 1 aromatic carbocycles. The highest BCUT2D eigenvalue weighted by molar-refractivity contribution is 5.15. The summed E-state index contributed by atoms with van der Waals surface area (Å²) in [5.41, 5.74) is 1.49. The van der Waals surface area contributed by atoms with Crippen molar-refractivity contribution in [2.24, 2.45) is 11.8 Å². The zero-order valence-electron chi connectivity index (χ0n) is 10.4. The third kappa shape index (κ3) is 3.64. The summed E-state index contributed by atoms with van der Waals surface area (Å²) in [4.78, 5) is 0. The lowest BCUT2D eigenvalue weighted by Gasteiger charge is -2.19. The van der Waals surface area contributed by atoms with Gasteiger partial charge in [-0.05, 0) is 43.2 Å². The Balaban J connectivity index is 1.87. The lowest BCUT2D eigenvalue weighted by Crippen LogP contribution is -2.30. The molecule has 0 aromatic heterocycles. The molecule has 1 unspecified atom stereocenters. The number of benzene rings is 1. The van der Waals surface area contributed by atoms with Crippen LogP contribution >= 0.6 is 0 Å². The second kappa shape index (κ2) is 5.49. The Bertz CT molecular complexity index is 300.